The van der Waals surface area contributed by atoms with Gasteiger partial charge in [-0.05, 0) is 49.2 Å². The highest BCUT2D eigenvalue weighted by Gasteiger charge is 2.30. The molecule has 0 fully saturated rings. The average Bonchev–Trinajstić information content (AvgIpc) is 3.16. The SMILES string of the molecule is Cc1ccc(C)c2c1c1ccccc1n2-c1ccc2c(c1)C(=O)c1ccccc1C2=O. The summed E-state index contributed by atoms with van der Waals surface area (Å²) in [5.74, 6) is -0.188. The van der Waals surface area contributed by atoms with Crippen LogP contribution in [-0.4, -0.2) is 16.1 Å². The molecule has 1 heterocycles. The second kappa shape index (κ2) is 6.26. The van der Waals surface area contributed by atoms with Crippen LogP contribution in [0.1, 0.15) is 43.0 Å². The normalized spacial score (nSPS) is 13.0. The maximum Gasteiger partial charge on any atom is 0.194 e. The predicted octanol–water partition coefficient (Wildman–Crippen LogP) is 6.18. The number of para-hydroxylation sites is 1. The summed E-state index contributed by atoms with van der Waals surface area (Å²) in [4.78, 5) is 26.3. The molecule has 0 amide bonds. The maximum absolute atomic E-state index is 13.3. The van der Waals surface area contributed by atoms with Gasteiger partial charge in [-0.3, -0.25) is 9.59 Å². The van der Waals surface area contributed by atoms with Gasteiger partial charge in [-0.1, -0.05) is 54.6 Å². The molecule has 0 saturated carbocycles. The second-order valence-corrected chi connectivity index (χ2v) is 8.21. The molecule has 4 aromatic carbocycles. The van der Waals surface area contributed by atoms with Crippen molar-refractivity contribution in [3.05, 3.63) is 112 Å². The fourth-order valence-corrected chi connectivity index (χ4v) is 4.92. The molecule has 6 rings (SSSR count). The number of carbonyl (C=O) groups is 2. The molecule has 0 unspecified atom stereocenters. The van der Waals surface area contributed by atoms with Crippen molar-refractivity contribution in [1.82, 2.24) is 4.57 Å². The highest BCUT2D eigenvalue weighted by Crippen LogP contribution is 2.37. The third-order valence-electron chi connectivity index (χ3n) is 6.39. The summed E-state index contributed by atoms with van der Waals surface area (Å²) in [5.41, 5.74) is 7.40. The molecular weight excluding hydrogens is 382 g/mol. The van der Waals surface area contributed by atoms with Crippen LogP contribution in [0.3, 0.4) is 0 Å². The number of nitrogens with zero attached hydrogens (tertiary/aromatic N) is 1. The fraction of sp³-hybridized carbons (Fsp3) is 0.0714. The minimum absolute atomic E-state index is 0.0917. The molecule has 148 valence electrons. The highest BCUT2D eigenvalue weighted by atomic mass is 16.1. The smallest absolute Gasteiger partial charge is 0.194 e. The monoisotopic (exact) mass is 401 g/mol. The average molecular weight is 401 g/mol. The summed E-state index contributed by atoms with van der Waals surface area (Å²) >= 11 is 0. The Labute approximate surface area is 179 Å². The molecule has 5 aromatic rings. The fourth-order valence-electron chi connectivity index (χ4n) is 4.92. The van der Waals surface area contributed by atoms with E-state index in [0.29, 0.717) is 22.3 Å². The Bertz CT molecular complexity index is 1590. The second-order valence-electron chi connectivity index (χ2n) is 8.21. The number of ketones is 2. The van der Waals surface area contributed by atoms with Gasteiger partial charge in [-0.2, -0.15) is 0 Å². The molecule has 0 N–H and O–H groups in total. The van der Waals surface area contributed by atoms with E-state index < -0.39 is 0 Å². The van der Waals surface area contributed by atoms with E-state index in [9.17, 15) is 9.59 Å². The highest BCUT2D eigenvalue weighted by molar-refractivity contribution is 6.28. The number of rotatable bonds is 1. The zero-order valence-corrected chi connectivity index (χ0v) is 17.3. The molecule has 0 atom stereocenters. The number of hydrogen-bond donors (Lipinski definition) is 0. The zero-order valence-electron chi connectivity index (χ0n) is 17.3. The quantitative estimate of drug-likeness (QED) is 0.330. The molecule has 0 bridgehead atoms. The standard InChI is InChI=1S/C28H19NO2/c1-16-11-12-17(2)26-25(16)22-9-5-6-10-24(22)29(26)18-13-14-21-23(15-18)28(31)20-8-4-3-7-19(20)27(21)30/h3-15H,1-2H3. The summed E-state index contributed by atoms with van der Waals surface area (Å²) in [6.07, 6.45) is 0. The van der Waals surface area contributed by atoms with Crippen molar-refractivity contribution in [1.29, 1.82) is 0 Å². The van der Waals surface area contributed by atoms with Gasteiger partial charge in [0, 0.05) is 38.7 Å². The molecule has 0 saturated heterocycles. The lowest BCUT2D eigenvalue weighted by molar-refractivity contribution is 0.0979. The molecule has 1 aromatic heterocycles. The number of benzene rings is 4. The van der Waals surface area contributed by atoms with Crippen LogP contribution in [0.25, 0.3) is 27.5 Å². The Morgan fingerprint density at radius 3 is 2.00 bits per heavy atom. The van der Waals surface area contributed by atoms with Crippen molar-refractivity contribution < 1.29 is 9.59 Å². The first-order valence-electron chi connectivity index (χ1n) is 10.4. The van der Waals surface area contributed by atoms with Crippen LogP contribution in [0.5, 0.6) is 0 Å². The predicted molar refractivity (Wildman–Crippen MR) is 124 cm³/mol. The first-order valence-corrected chi connectivity index (χ1v) is 10.4. The van der Waals surface area contributed by atoms with E-state index in [2.05, 4.69) is 48.7 Å². The van der Waals surface area contributed by atoms with Crippen LogP contribution in [0, 0.1) is 13.8 Å². The molecule has 3 heteroatoms. The molecular formula is C28H19NO2. The van der Waals surface area contributed by atoms with Crippen LogP contribution >= 0.6 is 0 Å². The van der Waals surface area contributed by atoms with Crippen molar-refractivity contribution in [2.45, 2.75) is 13.8 Å². The van der Waals surface area contributed by atoms with Gasteiger partial charge in [-0.15, -0.1) is 0 Å². The van der Waals surface area contributed by atoms with Crippen molar-refractivity contribution >= 4 is 33.4 Å². The Morgan fingerprint density at radius 1 is 0.613 bits per heavy atom. The van der Waals surface area contributed by atoms with Crippen LogP contribution in [0.15, 0.2) is 78.9 Å². The van der Waals surface area contributed by atoms with E-state index in [-0.39, 0.29) is 11.6 Å². The first-order chi connectivity index (χ1) is 15.1. The van der Waals surface area contributed by atoms with Crippen LogP contribution < -0.4 is 0 Å². The lowest BCUT2D eigenvalue weighted by Gasteiger charge is -2.19. The lowest BCUT2D eigenvalue weighted by atomic mass is 9.84. The van der Waals surface area contributed by atoms with E-state index in [1.807, 2.05) is 18.2 Å². The maximum atomic E-state index is 13.3. The Balaban J connectivity index is 1.68. The van der Waals surface area contributed by atoms with Gasteiger partial charge >= 0.3 is 0 Å². The third kappa shape index (κ3) is 2.34. The Morgan fingerprint density at radius 2 is 1.23 bits per heavy atom. The van der Waals surface area contributed by atoms with Gasteiger partial charge in [0.1, 0.15) is 0 Å². The van der Waals surface area contributed by atoms with Crippen LogP contribution in [-0.2, 0) is 0 Å². The summed E-state index contributed by atoms with van der Waals surface area (Å²) in [7, 11) is 0. The van der Waals surface area contributed by atoms with Crippen molar-refractivity contribution in [3.8, 4) is 5.69 Å². The summed E-state index contributed by atoms with van der Waals surface area (Å²) in [5, 5.41) is 2.41. The number of carbonyl (C=O) groups excluding carboxylic acids is 2. The Hall–Kier alpha value is -3.98. The summed E-state index contributed by atoms with van der Waals surface area (Å²) in [6.45, 7) is 4.24. The number of aryl methyl sites for hydroxylation is 2. The number of aromatic nitrogens is 1. The van der Waals surface area contributed by atoms with Gasteiger partial charge < -0.3 is 4.57 Å². The lowest BCUT2D eigenvalue weighted by Crippen LogP contribution is -2.21. The zero-order chi connectivity index (χ0) is 21.3. The van der Waals surface area contributed by atoms with Gasteiger partial charge in [0.25, 0.3) is 0 Å². The molecule has 0 radical (unpaired) electrons. The number of fused-ring (bicyclic) bond motifs is 5. The van der Waals surface area contributed by atoms with E-state index >= 15 is 0 Å². The third-order valence-corrected chi connectivity index (χ3v) is 6.39. The number of hydrogen-bond acceptors (Lipinski definition) is 2. The first kappa shape index (κ1) is 17.8. The van der Waals surface area contributed by atoms with Crippen LogP contribution in [0.2, 0.25) is 0 Å². The minimum Gasteiger partial charge on any atom is -0.309 e. The van der Waals surface area contributed by atoms with Crippen molar-refractivity contribution in [2.75, 3.05) is 0 Å². The molecule has 0 spiro atoms. The van der Waals surface area contributed by atoms with E-state index in [4.69, 9.17) is 0 Å². The van der Waals surface area contributed by atoms with Gasteiger partial charge in [-0.25, -0.2) is 0 Å². The molecule has 0 aliphatic heterocycles. The van der Waals surface area contributed by atoms with Crippen LogP contribution in [0.4, 0.5) is 0 Å². The molecule has 31 heavy (non-hydrogen) atoms. The van der Waals surface area contributed by atoms with E-state index in [1.165, 1.54) is 21.9 Å². The topological polar surface area (TPSA) is 39.1 Å². The van der Waals surface area contributed by atoms with E-state index in [1.54, 1.807) is 30.3 Å². The minimum atomic E-state index is -0.0966. The molecule has 1 aliphatic carbocycles. The Kier molecular flexibility index (Phi) is 3.60. The van der Waals surface area contributed by atoms with E-state index in [0.717, 1.165) is 16.7 Å². The summed E-state index contributed by atoms with van der Waals surface area (Å²) in [6, 6.07) is 25.3. The summed E-state index contributed by atoms with van der Waals surface area (Å²) < 4.78 is 2.21. The van der Waals surface area contributed by atoms with Gasteiger partial charge in [0.15, 0.2) is 11.6 Å². The van der Waals surface area contributed by atoms with Crippen molar-refractivity contribution in [3.63, 3.8) is 0 Å². The molecule has 1 aliphatic rings. The largest absolute Gasteiger partial charge is 0.309 e. The van der Waals surface area contributed by atoms with Gasteiger partial charge in [0.2, 0.25) is 0 Å². The molecule has 3 nitrogen and oxygen atoms in total. The van der Waals surface area contributed by atoms with Gasteiger partial charge in [0.05, 0.1) is 11.0 Å². The van der Waals surface area contributed by atoms with Crippen molar-refractivity contribution in [2.24, 2.45) is 0 Å².